The molecule has 0 spiro atoms. The molecule has 1 amide bonds. The fourth-order valence-electron chi connectivity index (χ4n) is 4.88. The van der Waals surface area contributed by atoms with E-state index in [1.54, 1.807) is 59.2 Å². The van der Waals surface area contributed by atoms with Gasteiger partial charge in [-0.05, 0) is 67.9 Å². The maximum absolute atomic E-state index is 14.4. The number of nitrogens with zero attached hydrogens (tertiary/aromatic N) is 3. The maximum atomic E-state index is 14.4. The van der Waals surface area contributed by atoms with Crippen molar-refractivity contribution in [2.45, 2.75) is 29.7 Å². The van der Waals surface area contributed by atoms with E-state index in [0.717, 1.165) is 11.1 Å². The first kappa shape index (κ1) is 26.7. The van der Waals surface area contributed by atoms with Crippen LogP contribution in [0.5, 0.6) is 0 Å². The normalized spacial score (nSPS) is 12.5. The van der Waals surface area contributed by atoms with Gasteiger partial charge in [-0.25, -0.2) is 18.4 Å². The summed E-state index contributed by atoms with van der Waals surface area (Å²) in [5.41, 5.74) is 3.82. The predicted molar refractivity (Wildman–Crippen MR) is 161 cm³/mol. The summed E-state index contributed by atoms with van der Waals surface area (Å²) in [6, 6.07) is 29.5. The number of carbonyl (C=O) groups excluding carboxylic acids is 1. The summed E-state index contributed by atoms with van der Waals surface area (Å²) in [6.45, 7) is 3.82. The molecule has 0 fully saturated rings. The van der Waals surface area contributed by atoms with Gasteiger partial charge in [-0.2, -0.15) is 0 Å². The van der Waals surface area contributed by atoms with Crippen LogP contribution in [0.15, 0.2) is 113 Å². The van der Waals surface area contributed by atoms with E-state index < -0.39 is 21.8 Å². The van der Waals surface area contributed by atoms with Gasteiger partial charge in [-0.3, -0.25) is 4.79 Å². The monoisotopic (exact) mass is 580 g/mol. The molecule has 7 nitrogen and oxygen atoms in total. The number of amides is 1. The standard InChI is InChI=1S/C32H25ClN4O3S/c1-20-12-18-25(19-13-20)41(39,40)29-28-30(35-27-11-7-6-10-26(27)34-28)37(21(2)22-8-4-3-5-9-22)31(29)36-32(38)23-14-16-24(33)17-15-23/h3-19,21H,1-2H3,(H,36,38). The molecule has 0 aliphatic heterocycles. The van der Waals surface area contributed by atoms with Crippen LogP contribution < -0.4 is 5.32 Å². The Morgan fingerprint density at radius 1 is 0.829 bits per heavy atom. The van der Waals surface area contributed by atoms with E-state index in [4.69, 9.17) is 21.6 Å². The van der Waals surface area contributed by atoms with Crippen molar-refractivity contribution in [3.05, 3.63) is 125 Å². The van der Waals surface area contributed by atoms with Gasteiger partial charge < -0.3 is 9.88 Å². The zero-order valence-electron chi connectivity index (χ0n) is 22.2. The molecule has 0 bridgehead atoms. The maximum Gasteiger partial charge on any atom is 0.256 e. The number of carbonyl (C=O) groups is 1. The number of hydrogen-bond acceptors (Lipinski definition) is 5. The van der Waals surface area contributed by atoms with Gasteiger partial charge in [-0.1, -0.05) is 71.8 Å². The molecule has 0 aliphatic rings. The van der Waals surface area contributed by atoms with Gasteiger partial charge in [-0.15, -0.1) is 0 Å². The fraction of sp³-hybridized carbons (Fsp3) is 0.0938. The molecule has 0 saturated carbocycles. The number of hydrogen-bond donors (Lipinski definition) is 1. The van der Waals surface area contributed by atoms with Gasteiger partial charge in [0, 0.05) is 10.6 Å². The minimum Gasteiger partial charge on any atom is -0.307 e. The number of rotatable bonds is 6. The number of anilines is 1. The molecule has 9 heteroatoms. The van der Waals surface area contributed by atoms with Gasteiger partial charge >= 0.3 is 0 Å². The summed E-state index contributed by atoms with van der Waals surface area (Å²) in [4.78, 5) is 23.3. The predicted octanol–water partition coefficient (Wildman–Crippen LogP) is 7.24. The average molecular weight is 581 g/mol. The Kier molecular flexibility index (Phi) is 6.81. The molecule has 2 heterocycles. The highest BCUT2D eigenvalue weighted by Crippen LogP contribution is 2.40. The molecule has 4 aromatic carbocycles. The third-order valence-corrected chi connectivity index (χ3v) is 9.13. The molecule has 0 radical (unpaired) electrons. The van der Waals surface area contributed by atoms with Crippen molar-refractivity contribution in [3.8, 4) is 0 Å². The van der Waals surface area contributed by atoms with Crippen LogP contribution in [0.4, 0.5) is 5.82 Å². The number of para-hydroxylation sites is 2. The Hall–Kier alpha value is -4.53. The van der Waals surface area contributed by atoms with E-state index in [1.807, 2.05) is 62.4 Å². The lowest BCUT2D eigenvalue weighted by atomic mass is 10.1. The number of aryl methyl sites for hydroxylation is 1. The quantitative estimate of drug-likeness (QED) is 0.224. The van der Waals surface area contributed by atoms with Gasteiger partial charge in [0.05, 0.1) is 22.0 Å². The fourth-order valence-corrected chi connectivity index (χ4v) is 6.54. The lowest BCUT2D eigenvalue weighted by Gasteiger charge is -2.20. The first-order chi connectivity index (χ1) is 19.7. The Morgan fingerprint density at radius 3 is 2.10 bits per heavy atom. The number of aromatic nitrogens is 3. The number of nitrogens with one attached hydrogen (secondary N) is 1. The van der Waals surface area contributed by atoms with Crippen LogP contribution in [0, 0.1) is 6.92 Å². The highest BCUT2D eigenvalue weighted by atomic mass is 35.5. The summed E-state index contributed by atoms with van der Waals surface area (Å²) in [6.07, 6.45) is 0. The molecule has 6 aromatic rings. The van der Waals surface area contributed by atoms with Crippen LogP contribution in [-0.2, 0) is 9.84 Å². The minimum absolute atomic E-state index is 0.0893. The zero-order chi connectivity index (χ0) is 28.7. The topological polar surface area (TPSA) is 94.0 Å². The van der Waals surface area contributed by atoms with E-state index in [2.05, 4.69) is 5.32 Å². The third-order valence-electron chi connectivity index (χ3n) is 7.06. The van der Waals surface area contributed by atoms with Crippen molar-refractivity contribution < 1.29 is 13.2 Å². The highest BCUT2D eigenvalue weighted by molar-refractivity contribution is 7.92. The van der Waals surface area contributed by atoms with Crippen LogP contribution in [0.25, 0.3) is 22.2 Å². The van der Waals surface area contributed by atoms with Crippen molar-refractivity contribution in [1.82, 2.24) is 14.5 Å². The molecule has 0 aliphatic carbocycles. The van der Waals surface area contributed by atoms with Crippen LogP contribution in [0.1, 0.15) is 34.5 Å². The van der Waals surface area contributed by atoms with E-state index >= 15 is 0 Å². The molecule has 1 atom stereocenters. The molecule has 0 saturated heterocycles. The van der Waals surface area contributed by atoms with Crippen molar-refractivity contribution in [3.63, 3.8) is 0 Å². The second-order valence-corrected chi connectivity index (χ2v) is 12.1. The molecule has 1 N–H and O–H groups in total. The summed E-state index contributed by atoms with van der Waals surface area (Å²) in [5, 5.41) is 3.40. The van der Waals surface area contributed by atoms with Gasteiger partial charge in [0.2, 0.25) is 9.84 Å². The summed E-state index contributed by atoms with van der Waals surface area (Å²) < 4.78 is 30.6. The summed E-state index contributed by atoms with van der Waals surface area (Å²) in [7, 11) is -4.17. The van der Waals surface area contributed by atoms with Crippen LogP contribution >= 0.6 is 11.6 Å². The Labute approximate surface area is 242 Å². The molecular weight excluding hydrogens is 556 g/mol. The van der Waals surface area contributed by atoms with Crippen molar-refractivity contribution in [1.29, 1.82) is 0 Å². The Bertz CT molecular complexity index is 2020. The Balaban J connectivity index is 1.69. The molecule has 204 valence electrons. The second-order valence-electron chi connectivity index (χ2n) is 9.80. The van der Waals surface area contributed by atoms with Gasteiger partial charge in [0.25, 0.3) is 5.91 Å². The van der Waals surface area contributed by atoms with Crippen molar-refractivity contribution in [2.75, 3.05) is 5.32 Å². The molecule has 1 unspecified atom stereocenters. The lowest BCUT2D eigenvalue weighted by molar-refractivity contribution is 0.102. The lowest BCUT2D eigenvalue weighted by Crippen LogP contribution is -2.19. The van der Waals surface area contributed by atoms with E-state index in [-0.39, 0.29) is 21.1 Å². The van der Waals surface area contributed by atoms with Crippen molar-refractivity contribution >= 4 is 55.4 Å². The van der Waals surface area contributed by atoms with E-state index in [1.165, 1.54) is 0 Å². The number of fused-ring (bicyclic) bond motifs is 2. The first-order valence-electron chi connectivity index (χ1n) is 13.0. The Morgan fingerprint density at radius 2 is 1.44 bits per heavy atom. The van der Waals surface area contributed by atoms with Crippen molar-refractivity contribution in [2.24, 2.45) is 0 Å². The highest BCUT2D eigenvalue weighted by Gasteiger charge is 2.34. The largest absolute Gasteiger partial charge is 0.307 e. The van der Waals surface area contributed by atoms with E-state index in [0.29, 0.717) is 27.3 Å². The molecule has 6 rings (SSSR count). The molecule has 2 aromatic heterocycles. The number of halogens is 1. The molecule has 41 heavy (non-hydrogen) atoms. The number of sulfone groups is 1. The molecular formula is C32H25ClN4O3S. The first-order valence-corrected chi connectivity index (χ1v) is 14.8. The van der Waals surface area contributed by atoms with Crippen LogP contribution in [-0.4, -0.2) is 28.9 Å². The summed E-state index contributed by atoms with van der Waals surface area (Å²) >= 11 is 6.05. The SMILES string of the molecule is Cc1ccc(S(=O)(=O)c2c(NC(=O)c3ccc(Cl)cc3)n(C(C)c3ccccc3)c3nc4ccccc4nc23)cc1. The van der Waals surface area contributed by atoms with Crippen LogP contribution in [0.3, 0.4) is 0 Å². The van der Waals surface area contributed by atoms with Gasteiger partial charge in [0.15, 0.2) is 5.65 Å². The van der Waals surface area contributed by atoms with Gasteiger partial charge in [0.1, 0.15) is 16.2 Å². The average Bonchev–Trinajstić information content (AvgIpc) is 3.29. The zero-order valence-corrected chi connectivity index (χ0v) is 23.8. The minimum atomic E-state index is -4.17. The summed E-state index contributed by atoms with van der Waals surface area (Å²) in [5.74, 6) is -0.400. The van der Waals surface area contributed by atoms with Crippen LogP contribution in [0.2, 0.25) is 5.02 Å². The third kappa shape index (κ3) is 4.85. The van der Waals surface area contributed by atoms with E-state index in [9.17, 15) is 13.2 Å². The smallest absolute Gasteiger partial charge is 0.256 e. The number of benzene rings is 4. The second kappa shape index (κ2) is 10.5.